The summed E-state index contributed by atoms with van der Waals surface area (Å²) in [5.74, 6) is 0. The standard InChI is InChI=1S/C16H19N/c1-3-16(17)15-9-5-8-14(11-15)13-7-4-6-12(2)10-13/h4-11,16H,3,17H2,1-2H3. The summed E-state index contributed by atoms with van der Waals surface area (Å²) >= 11 is 0. The highest BCUT2D eigenvalue weighted by Crippen LogP contribution is 2.24. The summed E-state index contributed by atoms with van der Waals surface area (Å²) in [5.41, 5.74) is 11.1. The summed E-state index contributed by atoms with van der Waals surface area (Å²) in [6, 6.07) is 17.2. The summed E-state index contributed by atoms with van der Waals surface area (Å²) < 4.78 is 0. The molecular formula is C16H19N. The minimum atomic E-state index is 0.139. The summed E-state index contributed by atoms with van der Waals surface area (Å²) in [6.07, 6.45) is 0.970. The van der Waals surface area contributed by atoms with E-state index < -0.39 is 0 Å². The first kappa shape index (κ1) is 11.9. The number of aryl methyl sites for hydroxylation is 1. The van der Waals surface area contributed by atoms with Crippen LogP contribution in [0.25, 0.3) is 11.1 Å². The maximum Gasteiger partial charge on any atom is 0.0292 e. The van der Waals surface area contributed by atoms with Crippen LogP contribution in [0.4, 0.5) is 0 Å². The Hall–Kier alpha value is -1.60. The molecule has 0 aliphatic rings. The molecule has 17 heavy (non-hydrogen) atoms. The van der Waals surface area contributed by atoms with Gasteiger partial charge in [-0.15, -0.1) is 0 Å². The van der Waals surface area contributed by atoms with Gasteiger partial charge in [0.05, 0.1) is 0 Å². The van der Waals surface area contributed by atoms with Crippen molar-refractivity contribution in [1.29, 1.82) is 0 Å². The maximum absolute atomic E-state index is 6.07. The third-order valence-corrected chi connectivity index (χ3v) is 3.11. The fraction of sp³-hybridized carbons (Fsp3) is 0.250. The highest BCUT2D eigenvalue weighted by molar-refractivity contribution is 5.65. The first-order chi connectivity index (χ1) is 8.20. The summed E-state index contributed by atoms with van der Waals surface area (Å²) in [4.78, 5) is 0. The predicted octanol–water partition coefficient (Wildman–Crippen LogP) is 4.07. The SMILES string of the molecule is CCC(N)c1cccc(-c2cccc(C)c2)c1. The van der Waals surface area contributed by atoms with Crippen molar-refractivity contribution < 1.29 is 0 Å². The van der Waals surface area contributed by atoms with E-state index in [1.54, 1.807) is 0 Å². The normalized spacial score (nSPS) is 12.4. The van der Waals surface area contributed by atoms with Gasteiger partial charge in [-0.1, -0.05) is 55.0 Å². The number of rotatable bonds is 3. The van der Waals surface area contributed by atoms with Gasteiger partial charge in [-0.25, -0.2) is 0 Å². The Bertz CT molecular complexity index is 502. The maximum atomic E-state index is 6.07. The van der Waals surface area contributed by atoms with Gasteiger partial charge in [0.1, 0.15) is 0 Å². The van der Waals surface area contributed by atoms with E-state index in [1.165, 1.54) is 22.3 Å². The topological polar surface area (TPSA) is 26.0 Å². The van der Waals surface area contributed by atoms with Crippen molar-refractivity contribution in [2.75, 3.05) is 0 Å². The lowest BCUT2D eigenvalue weighted by molar-refractivity contribution is 0.699. The third-order valence-electron chi connectivity index (χ3n) is 3.11. The van der Waals surface area contributed by atoms with Gasteiger partial charge in [-0.3, -0.25) is 0 Å². The van der Waals surface area contributed by atoms with Gasteiger partial charge < -0.3 is 5.73 Å². The molecule has 2 aromatic carbocycles. The molecule has 0 radical (unpaired) electrons. The van der Waals surface area contributed by atoms with Crippen LogP contribution in [-0.4, -0.2) is 0 Å². The average molecular weight is 225 g/mol. The summed E-state index contributed by atoms with van der Waals surface area (Å²) in [5, 5.41) is 0. The van der Waals surface area contributed by atoms with Crippen molar-refractivity contribution in [1.82, 2.24) is 0 Å². The second-order valence-corrected chi connectivity index (χ2v) is 4.51. The van der Waals surface area contributed by atoms with Crippen LogP contribution in [0.5, 0.6) is 0 Å². The molecule has 0 aromatic heterocycles. The fourth-order valence-electron chi connectivity index (χ4n) is 2.01. The van der Waals surface area contributed by atoms with Gasteiger partial charge in [-0.05, 0) is 36.1 Å². The Kier molecular flexibility index (Phi) is 3.60. The van der Waals surface area contributed by atoms with Gasteiger partial charge >= 0.3 is 0 Å². The highest BCUT2D eigenvalue weighted by Gasteiger charge is 2.04. The van der Waals surface area contributed by atoms with Crippen molar-refractivity contribution >= 4 is 0 Å². The molecule has 1 atom stereocenters. The molecule has 0 spiro atoms. The molecule has 2 N–H and O–H groups in total. The molecular weight excluding hydrogens is 206 g/mol. The average Bonchev–Trinajstić information content (AvgIpc) is 2.38. The van der Waals surface area contributed by atoms with E-state index in [0.717, 1.165) is 6.42 Å². The molecule has 0 fully saturated rings. The summed E-state index contributed by atoms with van der Waals surface area (Å²) in [7, 11) is 0. The monoisotopic (exact) mass is 225 g/mol. The largest absolute Gasteiger partial charge is 0.324 e. The number of benzene rings is 2. The molecule has 0 heterocycles. The molecule has 0 amide bonds. The van der Waals surface area contributed by atoms with Crippen molar-refractivity contribution in [2.24, 2.45) is 5.73 Å². The Balaban J connectivity index is 2.39. The molecule has 1 unspecified atom stereocenters. The highest BCUT2D eigenvalue weighted by atomic mass is 14.6. The van der Waals surface area contributed by atoms with E-state index in [-0.39, 0.29) is 6.04 Å². The smallest absolute Gasteiger partial charge is 0.0292 e. The number of hydrogen-bond acceptors (Lipinski definition) is 1. The molecule has 0 saturated carbocycles. The lowest BCUT2D eigenvalue weighted by Crippen LogP contribution is -2.08. The molecule has 2 aromatic rings. The van der Waals surface area contributed by atoms with Crippen LogP contribution in [0.3, 0.4) is 0 Å². The van der Waals surface area contributed by atoms with E-state index in [2.05, 4.69) is 62.4 Å². The van der Waals surface area contributed by atoms with Crippen LogP contribution >= 0.6 is 0 Å². The van der Waals surface area contributed by atoms with Crippen LogP contribution < -0.4 is 5.73 Å². The predicted molar refractivity (Wildman–Crippen MR) is 73.8 cm³/mol. The molecule has 1 heteroatoms. The van der Waals surface area contributed by atoms with Crippen molar-refractivity contribution in [3.8, 4) is 11.1 Å². The van der Waals surface area contributed by atoms with Gasteiger partial charge in [0.2, 0.25) is 0 Å². The number of nitrogens with two attached hydrogens (primary N) is 1. The molecule has 1 nitrogen and oxygen atoms in total. The molecule has 0 saturated heterocycles. The third kappa shape index (κ3) is 2.75. The second kappa shape index (κ2) is 5.15. The Morgan fingerprint density at radius 2 is 1.65 bits per heavy atom. The lowest BCUT2D eigenvalue weighted by atomic mass is 9.98. The fourth-order valence-corrected chi connectivity index (χ4v) is 2.01. The molecule has 88 valence electrons. The molecule has 0 aliphatic heterocycles. The van der Waals surface area contributed by atoms with Crippen molar-refractivity contribution in [3.05, 3.63) is 59.7 Å². The van der Waals surface area contributed by atoms with E-state index in [1.807, 2.05) is 0 Å². The zero-order valence-corrected chi connectivity index (χ0v) is 10.5. The molecule has 0 bridgehead atoms. The zero-order chi connectivity index (χ0) is 12.3. The minimum Gasteiger partial charge on any atom is -0.324 e. The quantitative estimate of drug-likeness (QED) is 0.837. The van der Waals surface area contributed by atoms with Crippen molar-refractivity contribution in [3.63, 3.8) is 0 Å². The van der Waals surface area contributed by atoms with E-state index in [9.17, 15) is 0 Å². The van der Waals surface area contributed by atoms with Crippen LogP contribution in [0, 0.1) is 6.92 Å². The first-order valence-corrected chi connectivity index (χ1v) is 6.13. The van der Waals surface area contributed by atoms with Gasteiger partial charge in [0, 0.05) is 6.04 Å². The Labute approximate surface area is 103 Å². The lowest BCUT2D eigenvalue weighted by Gasteiger charge is -2.11. The van der Waals surface area contributed by atoms with Crippen LogP contribution in [-0.2, 0) is 0 Å². The van der Waals surface area contributed by atoms with E-state index in [0.29, 0.717) is 0 Å². The van der Waals surface area contributed by atoms with Crippen molar-refractivity contribution in [2.45, 2.75) is 26.3 Å². The first-order valence-electron chi connectivity index (χ1n) is 6.13. The molecule has 0 aliphatic carbocycles. The Morgan fingerprint density at radius 1 is 1.00 bits per heavy atom. The van der Waals surface area contributed by atoms with Gasteiger partial charge in [0.15, 0.2) is 0 Å². The minimum absolute atomic E-state index is 0.139. The van der Waals surface area contributed by atoms with E-state index >= 15 is 0 Å². The van der Waals surface area contributed by atoms with Crippen LogP contribution in [0.15, 0.2) is 48.5 Å². The number of hydrogen-bond donors (Lipinski definition) is 1. The summed E-state index contributed by atoms with van der Waals surface area (Å²) in [6.45, 7) is 4.23. The van der Waals surface area contributed by atoms with Gasteiger partial charge in [0.25, 0.3) is 0 Å². The zero-order valence-electron chi connectivity index (χ0n) is 10.5. The van der Waals surface area contributed by atoms with Crippen LogP contribution in [0.2, 0.25) is 0 Å². The van der Waals surface area contributed by atoms with Crippen LogP contribution in [0.1, 0.15) is 30.5 Å². The Morgan fingerprint density at radius 3 is 2.29 bits per heavy atom. The second-order valence-electron chi connectivity index (χ2n) is 4.51. The molecule has 2 rings (SSSR count). The van der Waals surface area contributed by atoms with E-state index in [4.69, 9.17) is 5.73 Å². The van der Waals surface area contributed by atoms with Gasteiger partial charge in [-0.2, -0.15) is 0 Å².